The van der Waals surface area contributed by atoms with E-state index in [2.05, 4.69) is 10.6 Å². The van der Waals surface area contributed by atoms with Crippen LogP contribution in [0.25, 0.3) is 0 Å². The molecule has 0 saturated heterocycles. The minimum Gasteiger partial charge on any atom is -0.481 e. The zero-order chi connectivity index (χ0) is 27.7. The van der Waals surface area contributed by atoms with Gasteiger partial charge in [-0.2, -0.15) is 0 Å². The Morgan fingerprint density at radius 2 is 1.08 bits per heavy atom. The molecule has 0 bridgehead atoms. The highest BCUT2D eigenvalue weighted by atomic mass is 16.4. The zero-order valence-electron chi connectivity index (χ0n) is 20.1. The predicted octanol–water partition coefficient (Wildman–Crippen LogP) is -2.55. The van der Waals surface area contributed by atoms with Crippen molar-refractivity contribution in [2.24, 2.45) is 17.2 Å². The molecule has 15 nitrogen and oxygen atoms in total. The van der Waals surface area contributed by atoms with E-state index in [0.29, 0.717) is 45.2 Å². The number of carboxylic acids is 3. The van der Waals surface area contributed by atoms with Crippen molar-refractivity contribution in [2.75, 3.05) is 13.1 Å². The summed E-state index contributed by atoms with van der Waals surface area (Å²) >= 11 is 0. The topological polar surface area (TPSA) is 277 Å². The molecule has 36 heavy (non-hydrogen) atoms. The minimum absolute atomic E-state index is 0.147. The van der Waals surface area contributed by atoms with E-state index >= 15 is 0 Å². The molecule has 0 aromatic heterocycles. The highest BCUT2D eigenvalue weighted by molar-refractivity contribution is 5.94. The summed E-state index contributed by atoms with van der Waals surface area (Å²) in [6, 6.07) is -5.33. The van der Waals surface area contributed by atoms with Crippen molar-refractivity contribution in [3.8, 4) is 0 Å². The van der Waals surface area contributed by atoms with Crippen molar-refractivity contribution in [3.05, 3.63) is 0 Å². The third kappa shape index (κ3) is 14.2. The number of amides is 3. The lowest BCUT2D eigenvalue weighted by atomic mass is 10.0. The standard InChI is InChI=1S/C21H38N6O9/c22-9-3-1-5-12(24)18(32)25-13(6-2-4-10-23)19(33)26-14(7-8-16(28)29)20(34)27-15(21(35)36)11-17(30)31/h12-15H,1-11,22-24H2,(H,25,32)(H,26,33)(H,27,34)(H,28,29)(H,30,31)(H,35,36). The zero-order valence-corrected chi connectivity index (χ0v) is 20.1. The van der Waals surface area contributed by atoms with Crippen LogP contribution in [0.5, 0.6) is 0 Å². The molecule has 12 N–H and O–H groups in total. The lowest BCUT2D eigenvalue weighted by Gasteiger charge is -2.25. The molecule has 0 aromatic carbocycles. The summed E-state index contributed by atoms with van der Waals surface area (Å²) in [5.74, 6) is -6.88. The number of hydrogen-bond donors (Lipinski definition) is 9. The Morgan fingerprint density at radius 3 is 1.56 bits per heavy atom. The molecule has 3 amide bonds. The van der Waals surface area contributed by atoms with Gasteiger partial charge in [0.1, 0.15) is 18.1 Å². The number of unbranched alkanes of at least 4 members (excludes halogenated alkanes) is 2. The molecule has 15 heteroatoms. The summed E-state index contributed by atoms with van der Waals surface area (Å²) < 4.78 is 0. The number of nitrogens with two attached hydrogens (primary N) is 3. The lowest BCUT2D eigenvalue weighted by Crippen LogP contribution is -2.57. The Hall–Kier alpha value is -3.30. The van der Waals surface area contributed by atoms with Gasteiger partial charge in [0.15, 0.2) is 0 Å². The molecular formula is C21H38N6O9. The van der Waals surface area contributed by atoms with E-state index in [9.17, 15) is 28.8 Å². The van der Waals surface area contributed by atoms with Gasteiger partial charge in [0.25, 0.3) is 0 Å². The summed E-state index contributed by atoms with van der Waals surface area (Å²) in [5.41, 5.74) is 16.8. The van der Waals surface area contributed by atoms with Gasteiger partial charge in [0.05, 0.1) is 12.5 Å². The first kappa shape index (κ1) is 32.7. The van der Waals surface area contributed by atoms with E-state index in [-0.39, 0.29) is 6.42 Å². The second-order valence-corrected chi connectivity index (χ2v) is 8.23. The molecule has 0 saturated carbocycles. The van der Waals surface area contributed by atoms with E-state index in [1.807, 2.05) is 5.32 Å². The van der Waals surface area contributed by atoms with Gasteiger partial charge in [-0.15, -0.1) is 0 Å². The summed E-state index contributed by atoms with van der Waals surface area (Å²) in [4.78, 5) is 71.3. The highest BCUT2D eigenvalue weighted by Crippen LogP contribution is 2.07. The van der Waals surface area contributed by atoms with Crippen molar-refractivity contribution in [3.63, 3.8) is 0 Å². The summed E-state index contributed by atoms with van der Waals surface area (Å²) in [6.45, 7) is 0.776. The molecule has 4 atom stereocenters. The molecule has 0 heterocycles. The quantitative estimate of drug-likeness (QED) is 0.0753. The molecule has 0 fully saturated rings. The molecule has 0 rings (SSSR count). The Morgan fingerprint density at radius 1 is 0.611 bits per heavy atom. The van der Waals surface area contributed by atoms with Gasteiger partial charge in [-0.1, -0.05) is 6.42 Å². The molecule has 0 radical (unpaired) electrons. The highest BCUT2D eigenvalue weighted by Gasteiger charge is 2.31. The van der Waals surface area contributed by atoms with Crippen LogP contribution in [0.2, 0.25) is 0 Å². The SMILES string of the molecule is NCCCCC(N)C(=O)NC(CCCCN)C(=O)NC(CCC(=O)O)C(=O)NC(CC(=O)O)C(=O)O. The number of aliphatic carboxylic acids is 3. The van der Waals surface area contributed by atoms with Crippen LogP contribution in [0.4, 0.5) is 0 Å². The third-order valence-electron chi connectivity index (χ3n) is 5.16. The Bertz CT molecular complexity index is 764. The molecule has 206 valence electrons. The predicted molar refractivity (Wildman–Crippen MR) is 126 cm³/mol. The number of carbonyl (C=O) groups is 6. The average Bonchev–Trinajstić information content (AvgIpc) is 2.79. The largest absolute Gasteiger partial charge is 0.481 e. The molecule has 0 aromatic rings. The van der Waals surface area contributed by atoms with Crippen molar-refractivity contribution in [1.82, 2.24) is 16.0 Å². The maximum absolute atomic E-state index is 13.0. The van der Waals surface area contributed by atoms with Gasteiger partial charge in [-0.3, -0.25) is 24.0 Å². The molecule has 0 aliphatic heterocycles. The average molecular weight is 519 g/mol. The van der Waals surface area contributed by atoms with Crippen molar-refractivity contribution in [1.29, 1.82) is 0 Å². The number of carbonyl (C=O) groups excluding carboxylic acids is 3. The van der Waals surface area contributed by atoms with Crippen LogP contribution in [0.1, 0.15) is 57.8 Å². The first-order valence-corrected chi connectivity index (χ1v) is 11.7. The van der Waals surface area contributed by atoms with Gasteiger partial charge in [0, 0.05) is 6.42 Å². The van der Waals surface area contributed by atoms with Gasteiger partial charge in [0.2, 0.25) is 17.7 Å². The normalized spacial score (nSPS) is 14.1. The van der Waals surface area contributed by atoms with Crippen LogP contribution in [0.3, 0.4) is 0 Å². The minimum atomic E-state index is -1.80. The smallest absolute Gasteiger partial charge is 0.326 e. The molecule has 4 unspecified atom stereocenters. The Kier molecular flexibility index (Phi) is 16.4. The summed E-state index contributed by atoms with van der Waals surface area (Å²) in [6.07, 6.45) is 0.858. The van der Waals surface area contributed by atoms with Crippen LogP contribution in [0, 0.1) is 0 Å². The fourth-order valence-corrected chi connectivity index (χ4v) is 3.14. The van der Waals surface area contributed by atoms with Gasteiger partial charge in [-0.25, -0.2) is 4.79 Å². The van der Waals surface area contributed by atoms with Gasteiger partial charge < -0.3 is 48.5 Å². The van der Waals surface area contributed by atoms with Gasteiger partial charge >= 0.3 is 17.9 Å². The van der Waals surface area contributed by atoms with Crippen LogP contribution in [0.15, 0.2) is 0 Å². The molecule has 0 aliphatic rings. The fourth-order valence-electron chi connectivity index (χ4n) is 3.14. The van der Waals surface area contributed by atoms with E-state index in [4.69, 9.17) is 32.5 Å². The maximum Gasteiger partial charge on any atom is 0.326 e. The summed E-state index contributed by atoms with van der Waals surface area (Å²) in [7, 11) is 0. The second kappa shape index (κ2) is 18.0. The van der Waals surface area contributed by atoms with E-state index in [1.54, 1.807) is 0 Å². The van der Waals surface area contributed by atoms with Gasteiger partial charge in [-0.05, 0) is 51.6 Å². The van der Waals surface area contributed by atoms with Crippen LogP contribution >= 0.6 is 0 Å². The lowest BCUT2D eigenvalue weighted by molar-refractivity contribution is -0.147. The van der Waals surface area contributed by atoms with E-state index in [1.165, 1.54) is 0 Å². The van der Waals surface area contributed by atoms with Crippen LogP contribution < -0.4 is 33.2 Å². The number of carboxylic acid groups (broad SMARTS) is 3. The Balaban J connectivity index is 5.53. The summed E-state index contributed by atoms with van der Waals surface area (Å²) in [5, 5.41) is 33.8. The maximum atomic E-state index is 13.0. The number of nitrogens with one attached hydrogen (secondary N) is 3. The van der Waals surface area contributed by atoms with Crippen molar-refractivity contribution in [2.45, 2.75) is 82.0 Å². The monoisotopic (exact) mass is 518 g/mol. The van der Waals surface area contributed by atoms with E-state index in [0.717, 1.165) is 0 Å². The van der Waals surface area contributed by atoms with E-state index < -0.39 is 79.1 Å². The number of rotatable bonds is 20. The van der Waals surface area contributed by atoms with Crippen molar-refractivity contribution >= 4 is 35.6 Å². The fraction of sp³-hybridized carbons (Fsp3) is 0.714. The number of hydrogen-bond acceptors (Lipinski definition) is 9. The van der Waals surface area contributed by atoms with Crippen LogP contribution in [-0.4, -0.2) is 88.2 Å². The third-order valence-corrected chi connectivity index (χ3v) is 5.16. The van der Waals surface area contributed by atoms with Crippen molar-refractivity contribution < 1.29 is 44.1 Å². The van der Waals surface area contributed by atoms with Crippen LogP contribution in [-0.2, 0) is 28.8 Å². The second-order valence-electron chi connectivity index (χ2n) is 8.23. The first-order chi connectivity index (χ1) is 16.9. The first-order valence-electron chi connectivity index (χ1n) is 11.7. The molecule has 0 spiro atoms. The molecule has 0 aliphatic carbocycles. The Labute approximate surface area is 208 Å². The molecular weight excluding hydrogens is 480 g/mol.